The second-order valence-electron chi connectivity index (χ2n) is 7.42. The molecule has 0 unspecified atom stereocenters. The number of aryl methyl sites for hydroxylation is 2. The molecule has 0 saturated carbocycles. The molecular weight excluding hydrogens is 420 g/mol. The number of nitriles is 1. The van der Waals surface area contributed by atoms with Gasteiger partial charge in [0, 0.05) is 0 Å². The lowest BCUT2D eigenvalue weighted by Crippen LogP contribution is -2.23. The van der Waals surface area contributed by atoms with Crippen LogP contribution in [-0.4, -0.2) is 18.5 Å². The molecule has 1 amide bonds. The third kappa shape index (κ3) is 6.34. The maximum atomic E-state index is 12.2. The molecule has 7 nitrogen and oxygen atoms in total. The fourth-order valence-electron chi connectivity index (χ4n) is 3.06. The predicted molar refractivity (Wildman–Crippen MR) is 122 cm³/mol. The van der Waals surface area contributed by atoms with Crippen LogP contribution in [0.5, 0.6) is 11.5 Å². The number of esters is 1. The molecule has 0 spiro atoms. The van der Waals surface area contributed by atoms with Crippen LogP contribution in [-0.2, 0) is 16.1 Å². The first kappa shape index (κ1) is 23.4. The standard InChI is InChI=1S/C26H24N2O5/c1-17-6-7-18(2)25(19(17)3)32-16-24(29)33-22-10-8-20(9-11-22)13-21(14-27)26(30)28-15-23-5-4-12-31-23/h4-13H,15-16H2,1-3H3,(H,28,30)/b21-13+. The van der Waals surface area contributed by atoms with Crippen molar-refractivity contribution < 1.29 is 23.5 Å². The van der Waals surface area contributed by atoms with Gasteiger partial charge in [0.05, 0.1) is 12.8 Å². The number of rotatable bonds is 8. The van der Waals surface area contributed by atoms with Gasteiger partial charge in [-0.15, -0.1) is 0 Å². The summed E-state index contributed by atoms with van der Waals surface area (Å²) in [5.41, 5.74) is 3.58. The molecule has 2 aromatic carbocycles. The number of nitrogens with zero attached hydrogens (tertiary/aromatic N) is 1. The molecule has 0 atom stereocenters. The second kappa shape index (κ2) is 10.8. The number of furan rings is 1. The molecule has 3 rings (SSSR count). The van der Waals surface area contributed by atoms with Crippen molar-refractivity contribution in [3.8, 4) is 17.6 Å². The van der Waals surface area contributed by atoms with Gasteiger partial charge in [-0.2, -0.15) is 5.26 Å². The lowest BCUT2D eigenvalue weighted by molar-refractivity contribution is -0.136. The molecule has 0 aliphatic carbocycles. The number of amides is 1. The van der Waals surface area contributed by atoms with Crippen molar-refractivity contribution in [3.05, 3.63) is 88.4 Å². The van der Waals surface area contributed by atoms with E-state index < -0.39 is 11.9 Å². The van der Waals surface area contributed by atoms with Crippen molar-refractivity contribution in [2.75, 3.05) is 6.61 Å². The Labute approximate surface area is 192 Å². The Balaban J connectivity index is 1.56. The molecule has 0 aliphatic heterocycles. The van der Waals surface area contributed by atoms with Crippen molar-refractivity contribution in [2.45, 2.75) is 27.3 Å². The average Bonchev–Trinajstić information content (AvgIpc) is 3.33. The molecule has 0 radical (unpaired) electrons. The van der Waals surface area contributed by atoms with Crippen LogP contribution in [0.25, 0.3) is 6.08 Å². The zero-order valence-corrected chi connectivity index (χ0v) is 18.7. The van der Waals surface area contributed by atoms with Gasteiger partial charge in [0.2, 0.25) is 0 Å². The summed E-state index contributed by atoms with van der Waals surface area (Å²) < 4.78 is 16.2. The highest BCUT2D eigenvalue weighted by molar-refractivity contribution is 6.01. The number of hydrogen-bond acceptors (Lipinski definition) is 6. The first-order valence-electron chi connectivity index (χ1n) is 10.3. The minimum Gasteiger partial charge on any atom is -0.481 e. The Morgan fingerprint density at radius 3 is 2.45 bits per heavy atom. The van der Waals surface area contributed by atoms with Crippen LogP contribution < -0.4 is 14.8 Å². The zero-order chi connectivity index (χ0) is 23.8. The molecule has 33 heavy (non-hydrogen) atoms. The first-order chi connectivity index (χ1) is 15.9. The number of benzene rings is 2. The minimum atomic E-state index is -0.534. The summed E-state index contributed by atoms with van der Waals surface area (Å²) in [4.78, 5) is 24.4. The fourth-order valence-corrected chi connectivity index (χ4v) is 3.06. The molecular formula is C26H24N2O5. The summed E-state index contributed by atoms with van der Waals surface area (Å²) in [5.74, 6) is 0.557. The summed E-state index contributed by atoms with van der Waals surface area (Å²) in [6.45, 7) is 5.81. The lowest BCUT2D eigenvalue weighted by Gasteiger charge is -2.13. The van der Waals surface area contributed by atoms with E-state index in [1.807, 2.05) is 39.0 Å². The lowest BCUT2D eigenvalue weighted by atomic mass is 10.1. The summed E-state index contributed by atoms with van der Waals surface area (Å²) in [6, 6.07) is 15.8. The smallest absolute Gasteiger partial charge is 0.349 e. The molecule has 0 fully saturated rings. The highest BCUT2D eigenvalue weighted by Gasteiger charge is 2.12. The van der Waals surface area contributed by atoms with E-state index >= 15 is 0 Å². The van der Waals surface area contributed by atoms with E-state index in [4.69, 9.17) is 13.9 Å². The van der Waals surface area contributed by atoms with E-state index in [1.54, 1.807) is 36.4 Å². The van der Waals surface area contributed by atoms with Crippen LogP contribution in [0.4, 0.5) is 0 Å². The Morgan fingerprint density at radius 1 is 1.06 bits per heavy atom. The minimum absolute atomic E-state index is 0.0522. The molecule has 1 heterocycles. The van der Waals surface area contributed by atoms with Crippen molar-refractivity contribution >= 4 is 18.0 Å². The first-order valence-corrected chi connectivity index (χ1v) is 10.3. The van der Waals surface area contributed by atoms with Gasteiger partial charge in [0.15, 0.2) is 6.61 Å². The molecule has 0 bridgehead atoms. The van der Waals surface area contributed by atoms with Crippen LogP contribution in [0.3, 0.4) is 0 Å². The highest BCUT2D eigenvalue weighted by Crippen LogP contribution is 2.25. The van der Waals surface area contributed by atoms with Crippen LogP contribution in [0.2, 0.25) is 0 Å². The van der Waals surface area contributed by atoms with E-state index in [2.05, 4.69) is 5.32 Å². The Morgan fingerprint density at radius 2 is 1.79 bits per heavy atom. The van der Waals surface area contributed by atoms with Crippen molar-refractivity contribution in [2.24, 2.45) is 0 Å². The molecule has 168 valence electrons. The second-order valence-corrected chi connectivity index (χ2v) is 7.42. The van der Waals surface area contributed by atoms with Gasteiger partial charge in [-0.1, -0.05) is 24.3 Å². The molecule has 0 saturated heterocycles. The van der Waals surface area contributed by atoms with Crippen molar-refractivity contribution in [1.82, 2.24) is 5.32 Å². The number of carbonyl (C=O) groups is 2. The van der Waals surface area contributed by atoms with Gasteiger partial charge in [-0.25, -0.2) is 4.79 Å². The number of carbonyl (C=O) groups excluding carboxylic acids is 2. The van der Waals surface area contributed by atoms with Gasteiger partial charge >= 0.3 is 5.97 Å². The SMILES string of the molecule is Cc1ccc(C)c(OCC(=O)Oc2ccc(/C=C(\C#N)C(=O)NCc3ccco3)cc2)c1C. The molecule has 7 heteroatoms. The third-order valence-electron chi connectivity index (χ3n) is 5.00. The average molecular weight is 444 g/mol. The van der Waals surface area contributed by atoms with Crippen LogP contribution in [0, 0.1) is 32.1 Å². The Bertz CT molecular complexity index is 1200. The maximum Gasteiger partial charge on any atom is 0.349 e. The van der Waals surface area contributed by atoms with Gasteiger partial charge in [-0.05, 0) is 73.4 Å². The summed E-state index contributed by atoms with van der Waals surface area (Å²) in [6.07, 6.45) is 2.96. The van der Waals surface area contributed by atoms with Gasteiger partial charge < -0.3 is 19.2 Å². The fraction of sp³-hybridized carbons (Fsp3) is 0.192. The molecule has 1 N–H and O–H groups in total. The quantitative estimate of drug-likeness (QED) is 0.239. The summed E-state index contributed by atoms with van der Waals surface area (Å²) >= 11 is 0. The Kier molecular flexibility index (Phi) is 7.66. The van der Waals surface area contributed by atoms with Crippen LogP contribution in [0.15, 0.2) is 64.8 Å². The Hall–Kier alpha value is -4.31. The van der Waals surface area contributed by atoms with Crippen molar-refractivity contribution in [3.63, 3.8) is 0 Å². The number of hydrogen-bond donors (Lipinski definition) is 1. The normalized spacial score (nSPS) is 10.9. The monoisotopic (exact) mass is 444 g/mol. The topological polar surface area (TPSA) is 102 Å². The summed E-state index contributed by atoms with van der Waals surface area (Å²) in [5, 5.41) is 11.9. The van der Waals surface area contributed by atoms with Crippen LogP contribution in [0.1, 0.15) is 28.0 Å². The highest BCUT2D eigenvalue weighted by atomic mass is 16.6. The van der Waals surface area contributed by atoms with E-state index in [0.717, 1.165) is 16.7 Å². The van der Waals surface area contributed by atoms with E-state index in [9.17, 15) is 14.9 Å². The molecule has 3 aromatic rings. The van der Waals surface area contributed by atoms with Crippen LogP contribution >= 0.6 is 0 Å². The largest absolute Gasteiger partial charge is 0.481 e. The maximum absolute atomic E-state index is 12.2. The van der Waals surface area contributed by atoms with Gasteiger partial charge in [0.25, 0.3) is 5.91 Å². The van der Waals surface area contributed by atoms with Gasteiger partial charge in [-0.3, -0.25) is 4.79 Å². The van der Waals surface area contributed by atoms with Gasteiger partial charge in [0.1, 0.15) is 28.9 Å². The molecule has 1 aromatic heterocycles. The predicted octanol–water partition coefficient (Wildman–Crippen LogP) is 4.41. The number of ether oxygens (including phenoxy) is 2. The third-order valence-corrected chi connectivity index (χ3v) is 5.00. The summed E-state index contributed by atoms with van der Waals surface area (Å²) in [7, 11) is 0. The van der Waals surface area contributed by atoms with E-state index in [-0.39, 0.29) is 18.7 Å². The van der Waals surface area contributed by atoms with E-state index in [0.29, 0.717) is 22.8 Å². The zero-order valence-electron chi connectivity index (χ0n) is 18.7. The van der Waals surface area contributed by atoms with E-state index in [1.165, 1.54) is 12.3 Å². The molecule has 0 aliphatic rings. The number of nitrogens with one attached hydrogen (secondary N) is 1. The van der Waals surface area contributed by atoms with Crippen molar-refractivity contribution in [1.29, 1.82) is 5.26 Å².